The predicted molar refractivity (Wildman–Crippen MR) is 108 cm³/mol. The third kappa shape index (κ3) is 4.06. The molecule has 10 heteroatoms. The first-order valence-electron chi connectivity index (χ1n) is 9.75. The molecule has 2 aromatic carbocycles. The Morgan fingerprint density at radius 3 is 2.19 bits per heavy atom. The second kappa shape index (κ2) is 8.11. The van der Waals surface area contributed by atoms with Crippen LogP contribution < -0.4 is 5.32 Å². The van der Waals surface area contributed by atoms with Crippen molar-refractivity contribution in [3.05, 3.63) is 58.4 Å². The van der Waals surface area contributed by atoms with E-state index in [0.29, 0.717) is 25.0 Å². The number of aliphatic hydroxyl groups excluding tert-OH is 1. The van der Waals surface area contributed by atoms with Gasteiger partial charge in [-0.1, -0.05) is 11.6 Å². The molecule has 5 nitrogen and oxygen atoms in total. The van der Waals surface area contributed by atoms with Gasteiger partial charge in [0.1, 0.15) is 0 Å². The lowest BCUT2D eigenvalue weighted by Gasteiger charge is -2.32. The molecule has 0 aliphatic heterocycles. The molecule has 2 atom stereocenters. The zero-order valence-corrected chi connectivity index (χ0v) is 17.7. The number of rotatable bonds is 4. The summed E-state index contributed by atoms with van der Waals surface area (Å²) in [5, 5.41) is 11.6. The minimum Gasteiger partial charge on any atom is -0.393 e. The topological polar surface area (TPSA) is 83.5 Å². The van der Waals surface area contributed by atoms with Crippen molar-refractivity contribution >= 4 is 33.0 Å². The Morgan fingerprint density at radius 1 is 1.03 bits per heavy atom. The Balaban J connectivity index is 1.60. The quantitative estimate of drug-likeness (QED) is 0.647. The molecule has 0 saturated heterocycles. The van der Waals surface area contributed by atoms with Gasteiger partial charge < -0.3 is 10.4 Å². The zero-order chi connectivity index (χ0) is 22.5. The number of hydrogen-bond donors (Lipinski definition) is 2. The first-order chi connectivity index (χ1) is 14.6. The van der Waals surface area contributed by atoms with Crippen molar-refractivity contribution in [2.45, 2.75) is 41.9 Å². The summed E-state index contributed by atoms with van der Waals surface area (Å²) in [5.74, 6) is -5.59. The standard InChI is InChI=1S/C21H19ClF3NO4S/c22-15-4-3-12(21(28)26-13-8-16(23)19(25)17(24)9-13)7-18(15)31(29,30)14-5-10-1-2-11(6-14)20(10)27/h3-4,7-11,14,20,27H,1-2,5-6H2,(H,26,28). The molecule has 31 heavy (non-hydrogen) atoms. The van der Waals surface area contributed by atoms with Gasteiger partial charge >= 0.3 is 0 Å². The third-order valence-corrected chi connectivity index (χ3v) is 8.84. The number of anilines is 1. The summed E-state index contributed by atoms with van der Waals surface area (Å²) in [6.45, 7) is 0. The van der Waals surface area contributed by atoms with Crippen molar-refractivity contribution in [3.8, 4) is 0 Å². The Labute approximate surface area is 182 Å². The summed E-state index contributed by atoms with van der Waals surface area (Å²) < 4.78 is 66.4. The fourth-order valence-electron chi connectivity index (χ4n) is 4.57. The summed E-state index contributed by atoms with van der Waals surface area (Å²) in [7, 11) is -3.88. The van der Waals surface area contributed by atoms with Crippen LogP contribution in [0.4, 0.5) is 18.9 Å². The van der Waals surface area contributed by atoms with E-state index in [1.54, 1.807) is 0 Å². The number of aliphatic hydroxyl groups is 1. The highest BCUT2D eigenvalue weighted by molar-refractivity contribution is 7.92. The van der Waals surface area contributed by atoms with Gasteiger partial charge in [-0.15, -0.1) is 0 Å². The SMILES string of the molecule is O=C(Nc1cc(F)c(F)c(F)c1)c1ccc(Cl)c(S(=O)(=O)C2CC3CCC(C2)C3O)c1. The van der Waals surface area contributed by atoms with Crippen LogP contribution in [0.25, 0.3) is 0 Å². The van der Waals surface area contributed by atoms with Crippen molar-refractivity contribution in [3.63, 3.8) is 0 Å². The van der Waals surface area contributed by atoms with Crippen LogP contribution in [0, 0.1) is 29.3 Å². The molecular weight excluding hydrogens is 455 g/mol. The summed E-state index contributed by atoms with van der Waals surface area (Å²) in [4.78, 5) is 12.3. The third-order valence-electron chi connectivity index (χ3n) is 6.19. The fraction of sp³-hybridized carbons (Fsp3) is 0.381. The molecule has 2 unspecified atom stereocenters. The lowest BCUT2D eigenvalue weighted by atomic mass is 9.86. The molecule has 166 valence electrons. The molecule has 2 aromatic rings. The molecule has 2 bridgehead atoms. The maximum Gasteiger partial charge on any atom is 0.255 e. The number of benzene rings is 2. The minimum atomic E-state index is -3.88. The van der Waals surface area contributed by atoms with E-state index in [2.05, 4.69) is 5.32 Å². The molecule has 0 spiro atoms. The van der Waals surface area contributed by atoms with Gasteiger partial charge in [0.25, 0.3) is 5.91 Å². The minimum absolute atomic E-state index is 0.0473. The summed E-state index contributed by atoms with van der Waals surface area (Å²) in [5.41, 5.74) is -0.412. The fourth-order valence-corrected chi connectivity index (χ4v) is 7.00. The molecular formula is C21H19ClF3NO4S. The Hall–Kier alpha value is -2.10. The molecule has 4 rings (SSSR count). The molecule has 1 amide bonds. The monoisotopic (exact) mass is 473 g/mol. The summed E-state index contributed by atoms with van der Waals surface area (Å²) in [6, 6.07) is 4.90. The molecule has 2 aliphatic carbocycles. The number of nitrogens with one attached hydrogen (secondary N) is 1. The number of halogens is 4. The van der Waals surface area contributed by atoms with Gasteiger partial charge in [0, 0.05) is 23.4 Å². The van der Waals surface area contributed by atoms with E-state index in [0.717, 1.165) is 18.9 Å². The van der Waals surface area contributed by atoms with E-state index in [9.17, 15) is 31.5 Å². The van der Waals surface area contributed by atoms with Gasteiger partial charge in [-0.2, -0.15) is 0 Å². The number of amides is 1. The molecule has 2 N–H and O–H groups in total. The lowest BCUT2D eigenvalue weighted by molar-refractivity contribution is 0.0618. The molecule has 0 heterocycles. The van der Waals surface area contributed by atoms with Crippen LogP contribution in [0.2, 0.25) is 5.02 Å². The van der Waals surface area contributed by atoms with Crippen molar-refractivity contribution in [2.24, 2.45) is 11.8 Å². The average Bonchev–Trinajstić information content (AvgIpc) is 2.91. The highest BCUT2D eigenvalue weighted by Crippen LogP contribution is 2.46. The second-order valence-corrected chi connectivity index (χ2v) is 10.7. The molecule has 2 saturated carbocycles. The maximum absolute atomic E-state index is 13.4. The Bertz CT molecular complexity index is 1120. The average molecular weight is 474 g/mol. The van der Waals surface area contributed by atoms with E-state index >= 15 is 0 Å². The lowest BCUT2D eigenvalue weighted by Crippen LogP contribution is -2.37. The number of carbonyl (C=O) groups is 1. The van der Waals surface area contributed by atoms with Crippen LogP contribution in [0.3, 0.4) is 0 Å². The van der Waals surface area contributed by atoms with Crippen LogP contribution >= 0.6 is 11.6 Å². The Kier molecular flexibility index (Phi) is 5.78. The van der Waals surface area contributed by atoms with Gasteiger partial charge in [-0.3, -0.25) is 4.79 Å². The Morgan fingerprint density at radius 2 is 1.61 bits per heavy atom. The zero-order valence-electron chi connectivity index (χ0n) is 16.1. The van der Waals surface area contributed by atoms with Crippen LogP contribution in [-0.2, 0) is 9.84 Å². The predicted octanol–water partition coefficient (Wildman–Crippen LogP) is 4.33. The van der Waals surface area contributed by atoms with Crippen molar-refractivity contribution in [1.29, 1.82) is 0 Å². The van der Waals surface area contributed by atoms with Gasteiger partial charge in [0.2, 0.25) is 0 Å². The maximum atomic E-state index is 13.4. The van der Waals surface area contributed by atoms with Crippen molar-refractivity contribution < 1.29 is 31.5 Å². The number of carbonyl (C=O) groups excluding carboxylic acids is 1. The van der Waals surface area contributed by atoms with Crippen LogP contribution in [0.15, 0.2) is 35.2 Å². The molecule has 2 aliphatic rings. The first kappa shape index (κ1) is 22.1. The van der Waals surface area contributed by atoms with Crippen molar-refractivity contribution in [2.75, 3.05) is 5.32 Å². The van der Waals surface area contributed by atoms with Crippen LogP contribution in [-0.4, -0.2) is 30.8 Å². The van der Waals surface area contributed by atoms with Crippen LogP contribution in [0.5, 0.6) is 0 Å². The van der Waals surface area contributed by atoms with Gasteiger partial charge in [-0.05, 0) is 55.7 Å². The highest BCUT2D eigenvalue weighted by atomic mass is 35.5. The van der Waals surface area contributed by atoms with Gasteiger partial charge in [-0.25, -0.2) is 21.6 Å². The molecule has 0 aromatic heterocycles. The van der Waals surface area contributed by atoms with E-state index in [-0.39, 0.29) is 33.0 Å². The van der Waals surface area contributed by atoms with Crippen LogP contribution in [0.1, 0.15) is 36.0 Å². The van der Waals surface area contributed by atoms with Crippen molar-refractivity contribution in [1.82, 2.24) is 0 Å². The van der Waals surface area contributed by atoms with E-state index in [1.165, 1.54) is 12.1 Å². The summed E-state index contributed by atoms with van der Waals surface area (Å²) in [6.07, 6.45) is 1.70. The first-order valence-corrected chi connectivity index (χ1v) is 11.7. The highest BCUT2D eigenvalue weighted by Gasteiger charge is 2.46. The van der Waals surface area contributed by atoms with E-state index < -0.39 is 44.5 Å². The second-order valence-electron chi connectivity index (χ2n) is 8.08. The number of fused-ring (bicyclic) bond motifs is 2. The molecule has 0 radical (unpaired) electrons. The van der Waals surface area contributed by atoms with E-state index in [1.807, 2.05) is 0 Å². The number of hydrogen-bond acceptors (Lipinski definition) is 4. The molecule has 2 fully saturated rings. The largest absolute Gasteiger partial charge is 0.393 e. The number of sulfone groups is 1. The summed E-state index contributed by atoms with van der Waals surface area (Å²) >= 11 is 6.14. The smallest absolute Gasteiger partial charge is 0.255 e. The van der Waals surface area contributed by atoms with Gasteiger partial charge in [0.15, 0.2) is 27.3 Å². The van der Waals surface area contributed by atoms with Gasteiger partial charge in [0.05, 0.1) is 21.3 Å². The normalized spacial score (nSPS) is 25.5. The van der Waals surface area contributed by atoms with E-state index in [4.69, 9.17) is 11.6 Å².